The van der Waals surface area contributed by atoms with Crippen molar-refractivity contribution in [1.82, 2.24) is 9.62 Å². The number of benzene rings is 1. The van der Waals surface area contributed by atoms with Gasteiger partial charge in [-0.15, -0.1) is 0 Å². The summed E-state index contributed by atoms with van der Waals surface area (Å²) in [4.78, 5) is 2.21. The fourth-order valence-corrected chi connectivity index (χ4v) is 3.28. The molecule has 0 aliphatic carbocycles. The molecule has 0 spiro atoms. The van der Waals surface area contributed by atoms with Gasteiger partial charge < -0.3 is 9.64 Å². The molecule has 0 aliphatic heterocycles. The third kappa shape index (κ3) is 4.73. The molecule has 114 valence electrons. The number of hydrogen-bond donors (Lipinski definition) is 1. The minimum atomic E-state index is -3.58. The maximum Gasteiger partial charge on any atom is 0.244 e. The Bertz CT molecular complexity index is 547. The molecule has 5 nitrogen and oxygen atoms in total. The van der Waals surface area contributed by atoms with Crippen LogP contribution in [-0.4, -0.2) is 46.6 Å². The Labute approximate surface area is 129 Å². The second kappa shape index (κ2) is 7.40. The van der Waals surface area contributed by atoms with Crippen LogP contribution in [0.2, 0.25) is 0 Å². The van der Waals surface area contributed by atoms with Crippen LogP contribution in [0.4, 0.5) is 0 Å². The van der Waals surface area contributed by atoms with Crippen LogP contribution in [0, 0.1) is 0 Å². The van der Waals surface area contributed by atoms with Crippen molar-refractivity contribution in [2.24, 2.45) is 0 Å². The van der Waals surface area contributed by atoms with Gasteiger partial charge in [-0.25, -0.2) is 13.1 Å². The zero-order valence-electron chi connectivity index (χ0n) is 12.2. The quantitative estimate of drug-likeness (QED) is 0.804. The van der Waals surface area contributed by atoms with Crippen LogP contribution in [0.15, 0.2) is 27.6 Å². The van der Waals surface area contributed by atoms with Gasteiger partial charge in [-0.1, -0.05) is 15.9 Å². The van der Waals surface area contributed by atoms with E-state index >= 15 is 0 Å². The van der Waals surface area contributed by atoms with Crippen molar-refractivity contribution in [3.05, 3.63) is 22.7 Å². The molecule has 0 atom stereocenters. The van der Waals surface area contributed by atoms with E-state index in [-0.39, 0.29) is 4.90 Å². The van der Waals surface area contributed by atoms with Gasteiger partial charge >= 0.3 is 0 Å². The Kier molecular flexibility index (Phi) is 6.44. The summed E-state index contributed by atoms with van der Waals surface area (Å²) in [6.07, 6.45) is 0. The van der Waals surface area contributed by atoms with Crippen molar-refractivity contribution in [3.8, 4) is 5.75 Å². The molecule has 0 bridgehead atoms. The van der Waals surface area contributed by atoms with Crippen LogP contribution in [0.5, 0.6) is 5.75 Å². The summed E-state index contributed by atoms with van der Waals surface area (Å²) in [6.45, 7) is 5.12. The molecule has 1 aromatic rings. The maximum atomic E-state index is 12.3. The zero-order valence-corrected chi connectivity index (χ0v) is 14.6. The fourth-order valence-electron chi connectivity index (χ4n) is 1.55. The molecule has 0 saturated carbocycles. The van der Waals surface area contributed by atoms with Crippen LogP contribution >= 0.6 is 15.9 Å². The highest BCUT2D eigenvalue weighted by molar-refractivity contribution is 9.10. The average Bonchev–Trinajstić information content (AvgIpc) is 2.38. The Morgan fingerprint density at radius 3 is 2.60 bits per heavy atom. The minimum absolute atomic E-state index is 0.140. The predicted molar refractivity (Wildman–Crippen MR) is 83.6 cm³/mol. The van der Waals surface area contributed by atoms with Gasteiger partial charge in [-0.05, 0) is 39.1 Å². The number of ether oxygens (including phenoxy) is 1. The van der Waals surface area contributed by atoms with Crippen molar-refractivity contribution in [1.29, 1.82) is 0 Å². The van der Waals surface area contributed by atoms with E-state index < -0.39 is 10.0 Å². The first-order chi connectivity index (χ1) is 9.27. The first-order valence-electron chi connectivity index (χ1n) is 6.31. The van der Waals surface area contributed by atoms with Gasteiger partial charge in [0.15, 0.2) is 0 Å². The van der Waals surface area contributed by atoms with Crippen molar-refractivity contribution in [3.63, 3.8) is 0 Å². The third-order valence-electron chi connectivity index (χ3n) is 3.05. The lowest BCUT2D eigenvalue weighted by molar-refractivity contribution is 0.278. The summed E-state index contributed by atoms with van der Waals surface area (Å²) in [6, 6.07) is 5.27. The number of sulfonamides is 1. The molecular weight excluding hydrogens is 344 g/mol. The second-order valence-electron chi connectivity index (χ2n) is 4.77. The molecule has 1 rings (SSSR count). The number of likely N-dealkylation sites (N-methyl/N-ethyl adjacent to an activating group) is 1. The molecule has 0 amide bonds. The Hall–Kier alpha value is -0.630. The monoisotopic (exact) mass is 364 g/mol. The Morgan fingerprint density at radius 1 is 1.40 bits per heavy atom. The SMILES string of the molecule is COc1ccc(Br)cc1S(=O)(=O)NCCN(C)C(C)C. The minimum Gasteiger partial charge on any atom is -0.495 e. The van der Waals surface area contributed by atoms with Crippen LogP contribution in [-0.2, 0) is 10.0 Å². The lowest BCUT2D eigenvalue weighted by Gasteiger charge is -2.21. The van der Waals surface area contributed by atoms with E-state index in [4.69, 9.17) is 4.74 Å². The summed E-state index contributed by atoms with van der Waals surface area (Å²) in [5, 5.41) is 0. The lowest BCUT2D eigenvalue weighted by Crippen LogP contribution is -2.36. The number of methoxy groups -OCH3 is 1. The Balaban J connectivity index is 2.81. The van der Waals surface area contributed by atoms with Crippen LogP contribution in [0.1, 0.15) is 13.8 Å². The number of rotatable bonds is 7. The van der Waals surface area contributed by atoms with Crippen LogP contribution in [0.3, 0.4) is 0 Å². The number of nitrogens with one attached hydrogen (secondary N) is 1. The highest BCUT2D eigenvalue weighted by Gasteiger charge is 2.19. The molecule has 0 aromatic heterocycles. The van der Waals surface area contributed by atoms with Crippen molar-refractivity contribution in [2.45, 2.75) is 24.8 Å². The van der Waals surface area contributed by atoms with Gasteiger partial charge in [-0.2, -0.15) is 0 Å². The van der Waals surface area contributed by atoms with E-state index in [2.05, 4.69) is 39.4 Å². The molecule has 0 aliphatic rings. The first-order valence-corrected chi connectivity index (χ1v) is 8.59. The third-order valence-corrected chi connectivity index (χ3v) is 5.03. The van der Waals surface area contributed by atoms with E-state index in [1.807, 2.05) is 7.05 Å². The molecule has 20 heavy (non-hydrogen) atoms. The van der Waals surface area contributed by atoms with Gasteiger partial charge in [0.1, 0.15) is 10.6 Å². The van der Waals surface area contributed by atoms with E-state index in [1.165, 1.54) is 13.2 Å². The number of halogens is 1. The summed E-state index contributed by atoms with van der Waals surface area (Å²) in [7, 11) is -0.168. The molecule has 0 unspecified atom stereocenters. The van der Waals surface area contributed by atoms with Crippen molar-refractivity contribution in [2.75, 3.05) is 27.2 Å². The van der Waals surface area contributed by atoms with Crippen LogP contribution < -0.4 is 9.46 Å². The largest absolute Gasteiger partial charge is 0.495 e. The van der Waals surface area contributed by atoms with Crippen LogP contribution in [0.25, 0.3) is 0 Å². The fraction of sp³-hybridized carbons (Fsp3) is 0.538. The predicted octanol–water partition coefficient (Wildman–Crippen LogP) is 2.08. The zero-order chi connectivity index (χ0) is 15.3. The summed E-state index contributed by atoms with van der Waals surface area (Å²) >= 11 is 3.27. The lowest BCUT2D eigenvalue weighted by atomic mass is 10.3. The molecule has 0 heterocycles. The molecule has 0 saturated heterocycles. The van der Waals surface area contributed by atoms with Gasteiger partial charge in [0.25, 0.3) is 0 Å². The van der Waals surface area contributed by atoms with Gasteiger partial charge in [-0.3, -0.25) is 0 Å². The number of nitrogens with zero attached hydrogens (tertiary/aromatic N) is 1. The van der Waals surface area contributed by atoms with E-state index in [0.717, 1.165) is 0 Å². The second-order valence-corrected chi connectivity index (χ2v) is 7.42. The summed E-state index contributed by atoms with van der Waals surface area (Å²) in [5.41, 5.74) is 0. The summed E-state index contributed by atoms with van der Waals surface area (Å²) < 4.78 is 33.0. The molecule has 1 aromatic carbocycles. The molecule has 7 heteroatoms. The normalized spacial score (nSPS) is 12.2. The molecular formula is C13H21BrN2O3S. The number of hydrogen-bond acceptors (Lipinski definition) is 4. The highest BCUT2D eigenvalue weighted by Crippen LogP contribution is 2.26. The Morgan fingerprint density at radius 2 is 2.05 bits per heavy atom. The molecule has 0 fully saturated rings. The van der Waals surface area contributed by atoms with Crippen molar-refractivity contribution >= 4 is 26.0 Å². The first kappa shape index (κ1) is 17.4. The smallest absolute Gasteiger partial charge is 0.244 e. The van der Waals surface area contributed by atoms with E-state index in [9.17, 15) is 8.42 Å². The maximum absolute atomic E-state index is 12.3. The summed E-state index contributed by atoms with van der Waals surface area (Å²) in [5.74, 6) is 0.331. The van der Waals surface area contributed by atoms with E-state index in [0.29, 0.717) is 29.4 Å². The average molecular weight is 365 g/mol. The highest BCUT2D eigenvalue weighted by atomic mass is 79.9. The van der Waals surface area contributed by atoms with E-state index in [1.54, 1.807) is 12.1 Å². The van der Waals surface area contributed by atoms with Crippen molar-refractivity contribution < 1.29 is 13.2 Å². The molecule has 0 radical (unpaired) electrons. The topological polar surface area (TPSA) is 58.6 Å². The van der Waals surface area contributed by atoms with Gasteiger partial charge in [0.2, 0.25) is 10.0 Å². The van der Waals surface area contributed by atoms with Gasteiger partial charge in [0, 0.05) is 23.6 Å². The standard InChI is InChI=1S/C13H21BrN2O3S/c1-10(2)16(3)8-7-15-20(17,18)13-9-11(14)5-6-12(13)19-4/h5-6,9-10,15H,7-8H2,1-4H3. The van der Waals surface area contributed by atoms with Gasteiger partial charge in [0.05, 0.1) is 7.11 Å². The molecule has 1 N–H and O–H groups in total.